The fourth-order valence-electron chi connectivity index (χ4n) is 1.55. The van der Waals surface area contributed by atoms with E-state index in [1.807, 2.05) is 30.3 Å². The molecule has 0 aromatic heterocycles. The van der Waals surface area contributed by atoms with E-state index in [4.69, 9.17) is 0 Å². The van der Waals surface area contributed by atoms with Crippen LogP contribution in [0.25, 0.3) is 0 Å². The van der Waals surface area contributed by atoms with Gasteiger partial charge in [-0.25, -0.2) is 0 Å². The van der Waals surface area contributed by atoms with Gasteiger partial charge in [0.15, 0.2) is 0 Å². The number of amides is 1. The summed E-state index contributed by atoms with van der Waals surface area (Å²) >= 11 is 0. The van der Waals surface area contributed by atoms with E-state index in [0.29, 0.717) is 5.92 Å². The van der Waals surface area contributed by atoms with Crippen molar-refractivity contribution in [3.63, 3.8) is 0 Å². The molecule has 2 heteroatoms. The molecule has 0 heterocycles. The number of hydrogen-bond acceptors (Lipinski definition) is 1. The van der Waals surface area contributed by atoms with Crippen LogP contribution < -0.4 is 5.32 Å². The second kappa shape index (κ2) is 6.31. The lowest BCUT2D eigenvalue weighted by Crippen LogP contribution is -2.32. The van der Waals surface area contributed by atoms with Crippen molar-refractivity contribution in [3.8, 4) is 0 Å². The largest absolute Gasteiger partial charge is 0.350 e. The summed E-state index contributed by atoms with van der Waals surface area (Å²) in [6, 6.07) is 9.60. The number of nitrogens with one attached hydrogen (secondary N) is 1. The van der Waals surface area contributed by atoms with Gasteiger partial charge >= 0.3 is 0 Å². The highest BCUT2D eigenvalue weighted by atomic mass is 16.1. The van der Waals surface area contributed by atoms with Crippen LogP contribution in [0.3, 0.4) is 0 Å². The van der Waals surface area contributed by atoms with Crippen LogP contribution in [-0.4, -0.2) is 11.9 Å². The molecule has 2 nitrogen and oxygen atoms in total. The van der Waals surface area contributed by atoms with Crippen LogP contribution in [0.5, 0.6) is 0 Å². The third-order valence-electron chi connectivity index (χ3n) is 2.59. The summed E-state index contributed by atoms with van der Waals surface area (Å²) in [7, 11) is 0. The van der Waals surface area contributed by atoms with E-state index in [1.54, 1.807) is 0 Å². The molecule has 1 unspecified atom stereocenters. The lowest BCUT2D eigenvalue weighted by Gasteiger charge is -2.15. The monoisotopic (exact) mass is 219 g/mol. The number of carbonyl (C=O) groups excluding carboxylic acids is 1. The molecule has 1 aromatic rings. The molecule has 0 aliphatic rings. The van der Waals surface area contributed by atoms with Gasteiger partial charge in [0.2, 0.25) is 0 Å². The van der Waals surface area contributed by atoms with E-state index >= 15 is 0 Å². The zero-order valence-electron chi connectivity index (χ0n) is 10.4. The van der Waals surface area contributed by atoms with Crippen molar-refractivity contribution in [2.75, 3.05) is 0 Å². The molecule has 0 radical (unpaired) electrons. The Hall–Kier alpha value is -1.31. The minimum atomic E-state index is 0.0249. The molecule has 0 saturated heterocycles. The van der Waals surface area contributed by atoms with Crippen molar-refractivity contribution < 1.29 is 4.79 Å². The Morgan fingerprint density at radius 3 is 2.31 bits per heavy atom. The highest BCUT2D eigenvalue weighted by molar-refractivity contribution is 5.94. The molecule has 0 bridgehead atoms. The normalized spacial score (nSPS) is 12.5. The zero-order valence-corrected chi connectivity index (χ0v) is 10.4. The fourth-order valence-corrected chi connectivity index (χ4v) is 1.55. The van der Waals surface area contributed by atoms with Crippen molar-refractivity contribution in [1.82, 2.24) is 5.32 Å². The molecule has 1 amide bonds. The summed E-state index contributed by atoms with van der Waals surface area (Å²) < 4.78 is 0. The van der Waals surface area contributed by atoms with Gasteiger partial charge in [-0.3, -0.25) is 4.79 Å². The first kappa shape index (κ1) is 12.8. The summed E-state index contributed by atoms with van der Waals surface area (Å²) in [5.74, 6) is 0.716. The number of carbonyl (C=O) groups is 1. The molecule has 0 fully saturated rings. The molecule has 1 aromatic carbocycles. The van der Waals surface area contributed by atoms with Crippen molar-refractivity contribution in [2.24, 2.45) is 5.92 Å². The molecule has 0 aliphatic carbocycles. The molecule has 0 aliphatic heterocycles. The van der Waals surface area contributed by atoms with Gasteiger partial charge in [-0.15, -0.1) is 0 Å². The average Bonchev–Trinajstić information content (AvgIpc) is 2.27. The second-order valence-electron chi connectivity index (χ2n) is 4.71. The van der Waals surface area contributed by atoms with E-state index < -0.39 is 0 Å². The van der Waals surface area contributed by atoms with Crippen molar-refractivity contribution in [1.29, 1.82) is 0 Å². The van der Waals surface area contributed by atoms with Gasteiger partial charge in [-0.1, -0.05) is 32.0 Å². The Morgan fingerprint density at radius 2 is 1.75 bits per heavy atom. The minimum Gasteiger partial charge on any atom is -0.350 e. The lowest BCUT2D eigenvalue weighted by molar-refractivity contribution is 0.0937. The maximum Gasteiger partial charge on any atom is 0.251 e. The highest BCUT2D eigenvalue weighted by Crippen LogP contribution is 2.07. The summed E-state index contributed by atoms with van der Waals surface area (Å²) in [6.07, 6.45) is 2.19. The SMILES string of the molecule is CC(C)CCC(C)NC(=O)c1ccccc1. The molecule has 88 valence electrons. The van der Waals surface area contributed by atoms with Crippen LogP contribution in [0.15, 0.2) is 30.3 Å². The highest BCUT2D eigenvalue weighted by Gasteiger charge is 2.09. The van der Waals surface area contributed by atoms with Gasteiger partial charge in [0, 0.05) is 11.6 Å². The second-order valence-corrected chi connectivity index (χ2v) is 4.71. The Balaban J connectivity index is 2.40. The van der Waals surface area contributed by atoms with Gasteiger partial charge in [-0.05, 0) is 37.8 Å². The number of benzene rings is 1. The van der Waals surface area contributed by atoms with E-state index in [9.17, 15) is 4.79 Å². The summed E-state index contributed by atoms with van der Waals surface area (Å²) in [5, 5.41) is 3.01. The molecule has 16 heavy (non-hydrogen) atoms. The van der Waals surface area contributed by atoms with Crippen LogP contribution in [-0.2, 0) is 0 Å². The predicted molar refractivity (Wildman–Crippen MR) is 67.4 cm³/mol. The zero-order chi connectivity index (χ0) is 12.0. The van der Waals surface area contributed by atoms with E-state index in [2.05, 4.69) is 26.1 Å². The molecule has 0 spiro atoms. The number of hydrogen-bond donors (Lipinski definition) is 1. The predicted octanol–water partition coefficient (Wildman–Crippen LogP) is 3.24. The Bertz CT molecular complexity index is 319. The van der Waals surface area contributed by atoms with Gasteiger partial charge in [0.05, 0.1) is 0 Å². The Labute approximate surface area is 98.1 Å². The topological polar surface area (TPSA) is 29.1 Å². The lowest BCUT2D eigenvalue weighted by atomic mass is 10.0. The Morgan fingerprint density at radius 1 is 1.12 bits per heavy atom. The first-order valence-electron chi connectivity index (χ1n) is 5.95. The minimum absolute atomic E-state index is 0.0249. The van der Waals surface area contributed by atoms with Crippen molar-refractivity contribution in [2.45, 2.75) is 39.7 Å². The van der Waals surface area contributed by atoms with Gasteiger partial charge < -0.3 is 5.32 Å². The fraction of sp³-hybridized carbons (Fsp3) is 0.500. The Kier molecular flexibility index (Phi) is 5.03. The van der Waals surface area contributed by atoms with Gasteiger partial charge in [0.25, 0.3) is 5.91 Å². The van der Waals surface area contributed by atoms with Crippen LogP contribution in [0, 0.1) is 5.92 Å². The van der Waals surface area contributed by atoms with Gasteiger partial charge in [-0.2, -0.15) is 0 Å². The number of rotatable bonds is 5. The first-order chi connectivity index (χ1) is 7.59. The quantitative estimate of drug-likeness (QED) is 0.809. The van der Waals surface area contributed by atoms with Crippen LogP contribution in [0.2, 0.25) is 0 Å². The molecule has 0 saturated carbocycles. The van der Waals surface area contributed by atoms with Crippen LogP contribution >= 0.6 is 0 Å². The van der Waals surface area contributed by atoms with Crippen molar-refractivity contribution in [3.05, 3.63) is 35.9 Å². The van der Waals surface area contributed by atoms with Crippen LogP contribution in [0.4, 0.5) is 0 Å². The third kappa shape index (κ3) is 4.47. The summed E-state index contributed by atoms with van der Waals surface area (Å²) in [4.78, 5) is 11.8. The van der Waals surface area contributed by atoms with Gasteiger partial charge in [0.1, 0.15) is 0 Å². The van der Waals surface area contributed by atoms with Crippen molar-refractivity contribution >= 4 is 5.91 Å². The third-order valence-corrected chi connectivity index (χ3v) is 2.59. The molecule has 1 rings (SSSR count). The maximum absolute atomic E-state index is 11.8. The maximum atomic E-state index is 11.8. The average molecular weight is 219 g/mol. The molecule has 1 N–H and O–H groups in total. The standard InChI is InChI=1S/C14H21NO/c1-11(2)9-10-12(3)15-14(16)13-7-5-4-6-8-13/h4-8,11-12H,9-10H2,1-3H3,(H,15,16). The van der Waals surface area contributed by atoms with E-state index in [1.165, 1.54) is 0 Å². The smallest absolute Gasteiger partial charge is 0.251 e. The molecular weight excluding hydrogens is 198 g/mol. The molecule has 1 atom stereocenters. The van der Waals surface area contributed by atoms with E-state index in [0.717, 1.165) is 18.4 Å². The molecular formula is C14H21NO. The summed E-state index contributed by atoms with van der Waals surface area (Å²) in [5.41, 5.74) is 0.735. The van der Waals surface area contributed by atoms with E-state index in [-0.39, 0.29) is 11.9 Å². The first-order valence-corrected chi connectivity index (χ1v) is 5.95. The van der Waals surface area contributed by atoms with Crippen LogP contribution in [0.1, 0.15) is 44.0 Å². The summed E-state index contributed by atoms with van der Waals surface area (Å²) in [6.45, 7) is 6.46.